The topological polar surface area (TPSA) is 103 Å². The maximum absolute atomic E-state index is 14.1. The van der Waals surface area contributed by atoms with Crippen LogP contribution in [0.2, 0.25) is 0 Å². The van der Waals surface area contributed by atoms with Crippen molar-refractivity contribution in [2.45, 2.75) is 13.0 Å². The van der Waals surface area contributed by atoms with E-state index in [9.17, 15) is 9.65 Å². The largest absolute Gasteiger partial charge is 0.360 e. The van der Waals surface area contributed by atoms with Crippen molar-refractivity contribution in [3.05, 3.63) is 78.4 Å². The van der Waals surface area contributed by atoms with Crippen LogP contribution in [0.15, 0.2) is 61.2 Å². The van der Waals surface area contributed by atoms with E-state index in [1.54, 1.807) is 12.4 Å². The fraction of sp³-hybridized carbons (Fsp3) is 0.0870. The summed E-state index contributed by atoms with van der Waals surface area (Å²) in [5.74, 6) is 0.223. The van der Waals surface area contributed by atoms with Crippen LogP contribution in [-0.2, 0) is 0 Å². The summed E-state index contributed by atoms with van der Waals surface area (Å²) in [7, 11) is 0. The van der Waals surface area contributed by atoms with Crippen molar-refractivity contribution in [3.63, 3.8) is 0 Å². The minimum absolute atomic E-state index is 0.314. The quantitative estimate of drug-likeness (QED) is 0.444. The molecule has 0 fully saturated rings. The van der Waals surface area contributed by atoms with Crippen molar-refractivity contribution in [2.24, 2.45) is 0 Å². The maximum Gasteiger partial charge on any atom is 0.182 e. The number of nitriles is 1. The first-order chi connectivity index (χ1) is 15.2. The number of hydrogen-bond acceptors (Lipinski definition) is 6. The lowest BCUT2D eigenvalue weighted by molar-refractivity contribution is 0.628. The number of nitrogens with one attached hydrogen (secondary N) is 2. The van der Waals surface area contributed by atoms with Crippen LogP contribution in [0.25, 0.3) is 33.1 Å². The van der Waals surface area contributed by atoms with Gasteiger partial charge in [0.1, 0.15) is 29.4 Å². The van der Waals surface area contributed by atoms with Gasteiger partial charge in [0.2, 0.25) is 0 Å². The molecule has 150 valence electrons. The number of anilines is 1. The van der Waals surface area contributed by atoms with E-state index in [1.165, 1.54) is 18.5 Å². The number of pyridine rings is 1. The van der Waals surface area contributed by atoms with E-state index in [4.69, 9.17) is 0 Å². The highest BCUT2D eigenvalue weighted by molar-refractivity contribution is 6.00. The summed E-state index contributed by atoms with van der Waals surface area (Å²) in [6, 6.07) is 15.8. The van der Waals surface area contributed by atoms with Gasteiger partial charge in [0.25, 0.3) is 0 Å². The van der Waals surface area contributed by atoms with E-state index in [0.717, 1.165) is 16.3 Å². The van der Waals surface area contributed by atoms with Gasteiger partial charge >= 0.3 is 0 Å². The van der Waals surface area contributed by atoms with Crippen LogP contribution in [0.5, 0.6) is 0 Å². The highest BCUT2D eigenvalue weighted by atomic mass is 19.1. The van der Waals surface area contributed by atoms with E-state index in [0.29, 0.717) is 33.9 Å². The first kappa shape index (κ1) is 18.6. The summed E-state index contributed by atoms with van der Waals surface area (Å²) < 4.78 is 14.1. The lowest BCUT2D eigenvalue weighted by atomic mass is 9.93. The van der Waals surface area contributed by atoms with Gasteiger partial charge in [-0.25, -0.2) is 24.3 Å². The first-order valence-electron chi connectivity index (χ1n) is 9.65. The molecular formula is C23H16FN7. The molecule has 0 aliphatic rings. The highest BCUT2D eigenvalue weighted by Gasteiger charge is 2.21. The van der Waals surface area contributed by atoms with E-state index in [1.807, 2.05) is 37.3 Å². The molecule has 1 unspecified atom stereocenters. The van der Waals surface area contributed by atoms with E-state index < -0.39 is 0 Å². The van der Waals surface area contributed by atoms with Crippen LogP contribution in [0.3, 0.4) is 0 Å². The number of fused-ring (bicyclic) bond motifs is 2. The molecule has 2 aromatic carbocycles. The number of aromatic amines is 1. The maximum atomic E-state index is 14.1. The molecule has 0 aliphatic heterocycles. The predicted molar refractivity (Wildman–Crippen MR) is 116 cm³/mol. The summed E-state index contributed by atoms with van der Waals surface area (Å²) in [5.41, 5.74) is 3.60. The van der Waals surface area contributed by atoms with Gasteiger partial charge in [-0.1, -0.05) is 36.4 Å². The summed E-state index contributed by atoms with van der Waals surface area (Å²) in [6.07, 6.45) is 2.98. The van der Waals surface area contributed by atoms with Crippen LogP contribution < -0.4 is 5.32 Å². The molecule has 0 saturated carbocycles. The number of hydrogen-bond donors (Lipinski definition) is 2. The second kappa shape index (κ2) is 7.46. The van der Waals surface area contributed by atoms with E-state index in [-0.39, 0.29) is 11.9 Å². The Bertz CT molecular complexity index is 1470. The zero-order valence-electron chi connectivity index (χ0n) is 16.5. The monoisotopic (exact) mass is 409 g/mol. The number of H-pyrrole nitrogens is 1. The second-order valence-corrected chi connectivity index (χ2v) is 7.08. The Morgan fingerprint density at radius 2 is 1.90 bits per heavy atom. The van der Waals surface area contributed by atoms with Crippen LogP contribution in [0.4, 0.5) is 10.2 Å². The predicted octanol–water partition coefficient (Wildman–Crippen LogP) is 4.75. The molecule has 5 rings (SSSR count). The second-order valence-electron chi connectivity index (χ2n) is 7.08. The Hall–Kier alpha value is -4.38. The van der Waals surface area contributed by atoms with Crippen molar-refractivity contribution in [3.8, 4) is 17.2 Å². The number of rotatable bonds is 4. The molecule has 3 aromatic heterocycles. The third-order valence-electron chi connectivity index (χ3n) is 5.15. The molecule has 3 heterocycles. The SMILES string of the molecule is CC(Nc1ncnc2nc[nH]c12)c1nc(C#N)c2ccccc2c1-c1cccc(F)c1. The van der Waals surface area contributed by atoms with Gasteiger partial charge in [-0.3, -0.25) is 0 Å². The number of benzene rings is 2. The third-order valence-corrected chi connectivity index (χ3v) is 5.15. The molecule has 8 heteroatoms. The van der Waals surface area contributed by atoms with Crippen LogP contribution in [-0.4, -0.2) is 24.9 Å². The molecule has 0 bridgehead atoms. The van der Waals surface area contributed by atoms with Gasteiger partial charge in [-0.2, -0.15) is 5.26 Å². The first-order valence-corrected chi connectivity index (χ1v) is 9.65. The molecule has 31 heavy (non-hydrogen) atoms. The Balaban J connectivity index is 1.73. The van der Waals surface area contributed by atoms with Crippen molar-refractivity contribution in [2.75, 3.05) is 5.32 Å². The minimum Gasteiger partial charge on any atom is -0.360 e. The molecule has 0 aliphatic carbocycles. The van der Waals surface area contributed by atoms with Crippen LogP contribution >= 0.6 is 0 Å². The van der Waals surface area contributed by atoms with Gasteiger partial charge in [0, 0.05) is 10.9 Å². The summed E-state index contributed by atoms with van der Waals surface area (Å²) in [6.45, 7) is 1.92. The van der Waals surface area contributed by atoms with E-state index >= 15 is 0 Å². The van der Waals surface area contributed by atoms with Crippen molar-refractivity contribution in [1.29, 1.82) is 5.26 Å². The molecule has 0 amide bonds. The van der Waals surface area contributed by atoms with Gasteiger partial charge in [-0.05, 0) is 30.0 Å². The fourth-order valence-electron chi connectivity index (χ4n) is 3.78. The van der Waals surface area contributed by atoms with Crippen molar-refractivity contribution < 1.29 is 4.39 Å². The Morgan fingerprint density at radius 1 is 1.06 bits per heavy atom. The average molecular weight is 409 g/mol. The smallest absolute Gasteiger partial charge is 0.182 e. The van der Waals surface area contributed by atoms with Gasteiger partial charge in [0.05, 0.1) is 18.1 Å². The third kappa shape index (κ3) is 3.22. The minimum atomic E-state index is -0.351. The highest BCUT2D eigenvalue weighted by Crippen LogP contribution is 2.36. The molecule has 1 atom stereocenters. The fourth-order valence-corrected chi connectivity index (χ4v) is 3.78. The number of imidazole rings is 1. The van der Waals surface area contributed by atoms with E-state index in [2.05, 4.69) is 36.3 Å². The summed E-state index contributed by atoms with van der Waals surface area (Å²) >= 11 is 0. The lowest BCUT2D eigenvalue weighted by Gasteiger charge is -2.20. The lowest BCUT2D eigenvalue weighted by Crippen LogP contribution is -2.13. The zero-order chi connectivity index (χ0) is 21.4. The number of nitrogens with zero attached hydrogens (tertiary/aromatic N) is 5. The molecule has 0 spiro atoms. The summed E-state index contributed by atoms with van der Waals surface area (Å²) in [4.78, 5) is 20.3. The van der Waals surface area contributed by atoms with Gasteiger partial charge in [0.15, 0.2) is 11.5 Å². The van der Waals surface area contributed by atoms with Gasteiger partial charge in [-0.15, -0.1) is 0 Å². The Morgan fingerprint density at radius 3 is 2.71 bits per heavy atom. The number of aromatic nitrogens is 5. The molecule has 0 saturated heterocycles. The van der Waals surface area contributed by atoms with Crippen molar-refractivity contribution >= 4 is 27.8 Å². The Kier molecular flexibility index (Phi) is 4.49. The number of halogens is 1. The summed E-state index contributed by atoms with van der Waals surface area (Å²) in [5, 5.41) is 14.6. The standard InChI is InChI=1S/C23H16FN7/c1-13(30-23-21-22(27-11-26-21)28-12-29-23)20-19(14-5-4-6-15(24)9-14)17-8-3-2-7-16(17)18(10-25)31-20/h2-9,11-13H,1H3,(H2,26,27,28,29,30). The van der Waals surface area contributed by atoms with Gasteiger partial charge < -0.3 is 10.3 Å². The van der Waals surface area contributed by atoms with Crippen LogP contribution in [0, 0.1) is 17.1 Å². The Labute approximate surface area is 176 Å². The normalized spacial score (nSPS) is 12.0. The zero-order valence-corrected chi connectivity index (χ0v) is 16.5. The van der Waals surface area contributed by atoms with Crippen LogP contribution in [0.1, 0.15) is 24.4 Å². The molecule has 2 N–H and O–H groups in total. The van der Waals surface area contributed by atoms with Crippen molar-refractivity contribution in [1.82, 2.24) is 24.9 Å². The average Bonchev–Trinajstić information content (AvgIpc) is 3.28. The molecule has 0 radical (unpaired) electrons. The molecule has 5 aromatic rings. The molecule has 7 nitrogen and oxygen atoms in total. The molecular weight excluding hydrogens is 393 g/mol.